The summed E-state index contributed by atoms with van der Waals surface area (Å²) in [7, 11) is 0. The molecule has 0 aliphatic rings. The molecule has 0 amide bonds. The van der Waals surface area contributed by atoms with Crippen LogP contribution in [0.3, 0.4) is 0 Å². The van der Waals surface area contributed by atoms with Gasteiger partial charge in [-0.15, -0.1) is 0 Å². The molecule has 2 aromatic carbocycles. The predicted octanol–water partition coefficient (Wildman–Crippen LogP) is 3.40. The lowest BCUT2D eigenvalue weighted by Crippen LogP contribution is -2.02. The van der Waals surface area contributed by atoms with E-state index in [-0.39, 0.29) is 5.78 Å². The third-order valence-electron chi connectivity index (χ3n) is 2.35. The maximum Gasteiger partial charge on any atom is 0.193 e. The molecule has 0 saturated carbocycles. The van der Waals surface area contributed by atoms with Crippen molar-refractivity contribution in [3.8, 4) is 0 Å². The van der Waals surface area contributed by atoms with Gasteiger partial charge in [0.2, 0.25) is 0 Å². The average molecular weight is 294 g/mol. The van der Waals surface area contributed by atoms with Gasteiger partial charge in [-0.3, -0.25) is 4.79 Å². The molecule has 0 aliphatic carbocycles. The zero-order valence-electron chi connectivity index (χ0n) is 8.78. The molecule has 0 spiro atoms. The van der Waals surface area contributed by atoms with E-state index < -0.39 is 5.82 Å². The van der Waals surface area contributed by atoms with Gasteiger partial charge in [0.25, 0.3) is 0 Å². The van der Waals surface area contributed by atoms with Crippen molar-refractivity contribution in [2.24, 2.45) is 0 Å². The maximum absolute atomic E-state index is 13.0. The molecular weight excluding hydrogens is 285 g/mol. The average Bonchev–Trinajstić information content (AvgIpc) is 2.32. The van der Waals surface area contributed by atoms with Crippen LogP contribution in [0.2, 0.25) is 0 Å². The number of benzene rings is 2. The van der Waals surface area contributed by atoms with Gasteiger partial charge in [-0.25, -0.2) is 4.39 Å². The van der Waals surface area contributed by atoms with Crippen LogP contribution in [-0.2, 0) is 0 Å². The van der Waals surface area contributed by atoms with Gasteiger partial charge in [-0.1, -0.05) is 12.1 Å². The van der Waals surface area contributed by atoms with Crippen LogP contribution in [0.15, 0.2) is 46.9 Å². The van der Waals surface area contributed by atoms with Gasteiger partial charge in [0.05, 0.1) is 0 Å². The Morgan fingerprint density at radius 2 is 1.82 bits per heavy atom. The molecule has 0 aromatic heterocycles. The van der Waals surface area contributed by atoms with E-state index in [1.165, 1.54) is 18.2 Å². The molecule has 0 heterocycles. The van der Waals surface area contributed by atoms with Crippen LogP contribution in [0.4, 0.5) is 10.1 Å². The number of carbonyl (C=O) groups is 1. The van der Waals surface area contributed by atoms with Crippen LogP contribution >= 0.6 is 15.9 Å². The molecule has 17 heavy (non-hydrogen) atoms. The Balaban J connectivity index is 2.40. The first-order valence-corrected chi connectivity index (χ1v) is 5.72. The Morgan fingerprint density at radius 1 is 1.12 bits per heavy atom. The largest absolute Gasteiger partial charge is 0.398 e. The molecule has 0 bridgehead atoms. The molecular formula is C13H9BrFNO. The third kappa shape index (κ3) is 2.53. The number of carbonyl (C=O) groups excluding carboxylic acids is 1. The van der Waals surface area contributed by atoms with Crippen molar-refractivity contribution in [3.63, 3.8) is 0 Å². The molecule has 2 nitrogen and oxygen atoms in total. The van der Waals surface area contributed by atoms with Crippen molar-refractivity contribution < 1.29 is 9.18 Å². The summed E-state index contributed by atoms with van der Waals surface area (Å²) in [6.45, 7) is 0. The Morgan fingerprint density at radius 3 is 2.47 bits per heavy atom. The van der Waals surface area contributed by atoms with Crippen molar-refractivity contribution >= 4 is 27.4 Å². The fourth-order valence-electron chi connectivity index (χ4n) is 1.46. The molecule has 0 saturated heterocycles. The van der Waals surface area contributed by atoms with E-state index in [0.717, 1.165) is 0 Å². The standard InChI is InChI=1S/C13H9BrFNO/c14-11-7-9(4-5-12(11)16)13(17)8-2-1-3-10(15)6-8/h1-7H,16H2. The number of anilines is 1. The fraction of sp³-hybridized carbons (Fsp3) is 0. The number of nitrogen functional groups attached to an aromatic ring is 1. The van der Waals surface area contributed by atoms with E-state index in [9.17, 15) is 9.18 Å². The highest BCUT2D eigenvalue weighted by Gasteiger charge is 2.10. The summed E-state index contributed by atoms with van der Waals surface area (Å²) in [4.78, 5) is 12.0. The van der Waals surface area contributed by atoms with Crippen LogP contribution in [0.25, 0.3) is 0 Å². The van der Waals surface area contributed by atoms with Crippen LogP contribution in [-0.4, -0.2) is 5.78 Å². The van der Waals surface area contributed by atoms with Crippen LogP contribution in [0.1, 0.15) is 15.9 Å². The van der Waals surface area contributed by atoms with Crippen LogP contribution < -0.4 is 5.73 Å². The quantitative estimate of drug-likeness (QED) is 0.681. The Bertz CT molecular complexity index is 583. The third-order valence-corrected chi connectivity index (χ3v) is 3.04. The summed E-state index contributed by atoms with van der Waals surface area (Å²) in [5, 5.41) is 0. The highest BCUT2D eigenvalue weighted by Crippen LogP contribution is 2.22. The molecule has 0 aliphatic heterocycles. The first kappa shape index (κ1) is 11.8. The lowest BCUT2D eigenvalue weighted by molar-refractivity contribution is 0.103. The Hall–Kier alpha value is -1.68. The van der Waals surface area contributed by atoms with Gasteiger partial charge in [0.1, 0.15) is 5.82 Å². The zero-order chi connectivity index (χ0) is 12.4. The first-order valence-electron chi connectivity index (χ1n) is 4.93. The van der Waals surface area contributed by atoms with Gasteiger partial charge in [0, 0.05) is 21.3 Å². The number of halogens is 2. The van der Waals surface area contributed by atoms with E-state index in [4.69, 9.17) is 5.73 Å². The van der Waals surface area contributed by atoms with Gasteiger partial charge in [0.15, 0.2) is 5.78 Å². The molecule has 4 heteroatoms. The highest BCUT2D eigenvalue weighted by atomic mass is 79.9. The number of hydrogen-bond acceptors (Lipinski definition) is 2. The second-order valence-corrected chi connectivity index (χ2v) is 4.43. The van der Waals surface area contributed by atoms with Gasteiger partial charge in [-0.2, -0.15) is 0 Å². The molecule has 0 fully saturated rings. The van der Waals surface area contributed by atoms with E-state index in [1.807, 2.05) is 0 Å². The number of hydrogen-bond donors (Lipinski definition) is 1. The second-order valence-electron chi connectivity index (χ2n) is 3.58. The van der Waals surface area contributed by atoms with Crippen molar-refractivity contribution in [1.82, 2.24) is 0 Å². The normalized spacial score (nSPS) is 10.2. The van der Waals surface area contributed by atoms with Crippen molar-refractivity contribution in [2.45, 2.75) is 0 Å². The van der Waals surface area contributed by atoms with Crippen molar-refractivity contribution in [3.05, 3.63) is 63.9 Å². The first-order chi connectivity index (χ1) is 8.08. The van der Waals surface area contributed by atoms with Crippen LogP contribution in [0, 0.1) is 5.82 Å². The van der Waals surface area contributed by atoms with Gasteiger partial charge in [-0.05, 0) is 46.3 Å². The Labute approximate surface area is 106 Å². The Kier molecular flexibility index (Phi) is 3.24. The minimum atomic E-state index is -0.426. The highest BCUT2D eigenvalue weighted by molar-refractivity contribution is 9.10. The van der Waals surface area contributed by atoms with Crippen molar-refractivity contribution in [2.75, 3.05) is 5.73 Å². The van der Waals surface area contributed by atoms with Crippen molar-refractivity contribution in [1.29, 1.82) is 0 Å². The molecule has 0 unspecified atom stereocenters. The summed E-state index contributed by atoms with van der Waals surface area (Å²) in [5.74, 6) is -0.657. The minimum absolute atomic E-state index is 0.231. The molecule has 86 valence electrons. The fourth-order valence-corrected chi connectivity index (χ4v) is 1.84. The molecule has 0 radical (unpaired) electrons. The molecule has 0 atom stereocenters. The molecule has 2 N–H and O–H groups in total. The zero-order valence-corrected chi connectivity index (χ0v) is 10.4. The summed E-state index contributed by atoms with van der Waals surface area (Å²) >= 11 is 3.25. The monoisotopic (exact) mass is 293 g/mol. The minimum Gasteiger partial charge on any atom is -0.398 e. The topological polar surface area (TPSA) is 43.1 Å². The smallest absolute Gasteiger partial charge is 0.193 e. The van der Waals surface area contributed by atoms with Gasteiger partial charge < -0.3 is 5.73 Å². The van der Waals surface area contributed by atoms with E-state index in [0.29, 0.717) is 21.3 Å². The van der Waals surface area contributed by atoms with Gasteiger partial charge >= 0.3 is 0 Å². The predicted molar refractivity (Wildman–Crippen MR) is 68.4 cm³/mol. The number of ketones is 1. The second kappa shape index (κ2) is 4.67. The molecule has 2 aromatic rings. The van der Waals surface area contributed by atoms with Crippen LogP contribution in [0.5, 0.6) is 0 Å². The maximum atomic E-state index is 13.0. The van der Waals surface area contributed by atoms with E-state index >= 15 is 0 Å². The lowest BCUT2D eigenvalue weighted by Gasteiger charge is -2.03. The van der Waals surface area contributed by atoms with E-state index in [1.54, 1.807) is 24.3 Å². The summed E-state index contributed by atoms with van der Waals surface area (Å²) in [6.07, 6.45) is 0. The molecule has 2 rings (SSSR count). The summed E-state index contributed by atoms with van der Waals surface area (Å²) < 4.78 is 13.7. The summed E-state index contributed by atoms with van der Waals surface area (Å²) in [5.41, 5.74) is 6.98. The van der Waals surface area contributed by atoms with E-state index in [2.05, 4.69) is 15.9 Å². The number of nitrogens with two attached hydrogens (primary N) is 1. The lowest BCUT2D eigenvalue weighted by atomic mass is 10.0. The number of rotatable bonds is 2. The SMILES string of the molecule is Nc1ccc(C(=O)c2cccc(F)c2)cc1Br. The summed E-state index contributed by atoms with van der Waals surface area (Å²) in [6, 6.07) is 10.5.